The average Bonchev–Trinajstić information content (AvgIpc) is 2.86. The Hall–Kier alpha value is -0.610. The van der Waals surface area contributed by atoms with Gasteiger partial charge in [0, 0.05) is 19.7 Å². The molecule has 1 aliphatic carbocycles. The maximum Gasteiger partial charge on any atom is 0.245 e. The van der Waals surface area contributed by atoms with Crippen molar-refractivity contribution in [1.82, 2.24) is 4.90 Å². The summed E-state index contributed by atoms with van der Waals surface area (Å²) < 4.78 is 5.22. The third-order valence-electron chi connectivity index (χ3n) is 3.67. The van der Waals surface area contributed by atoms with Crippen molar-refractivity contribution in [2.75, 3.05) is 20.3 Å². The maximum atomic E-state index is 12.2. The Morgan fingerprint density at radius 1 is 1.47 bits per heavy atom. The Balaban J connectivity index is 1.99. The van der Waals surface area contributed by atoms with E-state index < -0.39 is 5.54 Å². The summed E-state index contributed by atoms with van der Waals surface area (Å²) >= 11 is 0. The summed E-state index contributed by atoms with van der Waals surface area (Å²) in [5.74, 6) is 0.0619. The van der Waals surface area contributed by atoms with Crippen molar-refractivity contribution in [3.8, 4) is 0 Å². The molecule has 2 rings (SSSR count). The molecule has 1 atom stereocenters. The number of hydrogen-bond donors (Lipinski definition) is 1. The highest BCUT2D eigenvalue weighted by atomic mass is 16.5. The van der Waals surface area contributed by atoms with E-state index in [9.17, 15) is 4.79 Å². The lowest BCUT2D eigenvalue weighted by Crippen LogP contribution is -2.56. The number of carbonyl (C=O) groups is 1. The molecule has 2 aliphatic rings. The van der Waals surface area contributed by atoms with Crippen LogP contribution in [0.1, 0.15) is 32.1 Å². The molecule has 1 heterocycles. The summed E-state index contributed by atoms with van der Waals surface area (Å²) in [6, 6.07) is 0.401. The molecule has 1 saturated carbocycles. The van der Waals surface area contributed by atoms with Crippen molar-refractivity contribution in [3.63, 3.8) is 0 Å². The van der Waals surface area contributed by atoms with Crippen molar-refractivity contribution in [2.24, 2.45) is 5.73 Å². The molecule has 0 bridgehead atoms. The van der Waals surface area contributed by atoms with Crippen LogP contribution in [-0.4, -0.2) is 42.6 Å². The Kier molecular flexibility index (Phi) is 2.98. The molecular weight excluding hydrogens is 192 g/mol. The van der Waals surface area contributed by atoms with Crippen LogP contribution >= 0.6 is 0 Å². The molecule has 2 fully saturated rings. The van der Waals surface area contributed by atoms with Crippen LogP contribution in [0, 0.1) is 0 Å². The topological polar surface area (TPSA) is 55.6 Å². The third-order valence-corrected chi connectivity index (χ3v) is 3.67. The fourth-order valence-electron chi connectivity index (χ4n) is 2.56. The van der Waals surface area contributed by atoms with Gasteiger partial charge in [0.15, 0.2) is 0 Å². The van der Waals surface area contributed by atoms with E-state index in [2.05, 4.69) is 0 Å². The minimum atomic E-state index is -0.753. The van der Waals surface area contributed by atoms with Gasteiger partial charge in [0.25, 0.3) is 0 Å². The van der Waals surface area contributed by atoms with Gasteiger partial charge >= 0.3 is 0 Å². The van der Waals surface area contributed by atoms with Crippen LogP contribution in [0.15, 0.2) is 0 Å². The lowest BCUT2D eigenvalue weighted by Gasteiger charge is -2.31. The van der Waals surface area contributed by atoms with Crippen LogP contribution in [0.2, 0.25) is 0 Å². The first-order valence-corrected chi connectivity index (χ1v) is 5.77. The van der Waals surface area contributed by atoms with Gasteiger partial charge in [0.1, 0.15) is 5.54 Å². The average molecular weight is 212 g/mol. The lowest BCUT2D eigenvalue weighted by molar-refractivity contribution is -0.137. The number of hydrogen-bond acceptors (Lipinski definition) is 3. The molecule has 1 aliphatic heterocycles. The molecule has 4 heteroatoms. The van der Waals surface area contributed by atoms with Crippen molar-refractivity contribution >= 4 is 5.91 Å². The van der Waals surface area contributed by atoms with E-state index in [1.54, 1.807) is 0 Å². The largest absolute Gasteiger partial charge is 0.379 e. The minimum Gasteiger partial charge on any atom is -0.379 e. The second-order valence-electron chi connectivity index (χ2n) is 4.81. The first-order valence-electron chi connectivity index (χ1n) is 5.77. The van der Waals surface area contributed by atoms with E-state index in [1.165, 1.54) is 12.8 Å². The summed E-state index contributed by atoms with van der Waals surface area (Å²) in [6.07, 6.45) is 5.37. The highest BCUT2D eigenvalue weighted by Crippen LogP contribution is 2.26. The zero-order valence-electron chi connectivity index (χ0n) is 9.37. The van der Waals surface area contributed by atoms with Crippen LogP contribution in [-0.2, 0) is 9.53 Å². The van der Waals surface area contributed by atoms with Crippen molar-refractivity contribution < 1.29 is 9.53 Å². The number of rotatable bonds is 2. The SMILES string of the molecule is CN(C(=O)C1(N)CCOC1)C1CCCC1. The smallest absolute Gasteiger partial charge is 0.245 e. The summed E-state index contributed by atoms with van der Waals surface area (Å²) in [4.78, 5) is 14.0. The van der Waals surface area contributed by atoms with Gasteiger partial charge in [0.2, 0.25) is 5.91 Å². The van der Waals surface area contributed by atoms with Gasteiger partial charge in [0.05, 0.1) is 6.61 Å². The summed E-state index contributed by atoms with van der Waals surface area (Å²) in [5.41, 5.74) is 5.30. The fraction of sp³-hybridized carbons (Fsp3) is 0.909. The molecule has 1 saturated heterocycles. The molecule has 1 unspecified atom stereocenters. The molecule has 86 valence electrons. The Morgan fingerprint density at radius 3 is 2.67 bits per heavy atom. The number of nitrogens with two attached hydrogens (primary N) is 1. The summed E-state index contributed by atoms with van der Waals surface area (Å²) in [5, 5.41) is 0. The molecule has 0 aromatic rings. The zero-order chi connectivity index (χ0) is 10.9. The molecule has 0 aromatic carbocycles. The van der Waals surface area contributed by atoms with E-state index in [4.69, 9.17) is 10.5 Å². The first kappa shape index (κ1) is 10.9. The molecule has 0 aromatic heterocycles. The molecule has 0 spiro atoms. The molecule has 2 N–H and O–H groups in total. The quantitative estimate of drug-likeness (QED) is 0.725. The lowest BCUT2D eigenvalue weighted by atomic mass is 9.97. The first-order chi connectivity index (χ1) is 7.13. The van der Waals surface area contributed by atoms with Crippen molar-refractivity contribution in [3.05, 3.63) is 0 Å². The predicted molar refractivity (Wildman–Crippen MR) is 57.4 cm³/mol. The molecule has 0 radical (unpaired) electrons. The van der Waals surface area contributed by atoms with Crippen molar-refractivity contribution in [2.45, 2.75) is 43.7 Å². The van der Waals surface area contributed by atoms with Gasteiger partial charge in [-0.3, -0.25) is 4.79 Å². The monoisotopic (exact) mass is 212 g/mol. The van der Waals surface area contributed by atoms with E-state index in [0.717, 1.165) is 12.8 Å². The fourth-order valence-corrected chi connectivity index (χ4v) is 2.56. The van der Waals surface area contributed by atoms with Crippen LogP contribution in [0.5, 0.6) is 0 Å². The van der Waals surface area contributed by atoms with Gasteiger partial charge < -0.3 is 15.4 Å². The van der Waals surface area contributed by atoms with Crippen LogP contribution in [0.4, 0.5) is 0 Å². The van der Waals surface area contributed by atoms with Gasteiger partial charge in [-0.15, -0.1) is 0 Å². The van der Waals surface area contributed by atoms with Gasteiger partial charge in [-0.25, -0.2) is 0 Å². The molecule has 15 heavy (non-hydrogen) atoms. The van der Waals surface area contributed by atoms with Crippen LogP contribution < -0.4 is 5.73 Å². The van der Waals surface area contributed by atoms with E-state index in [0.29, 0.717) is 25.7 Å². The second-order valence-corrected chi connectivity index (χ2v) is 4.81. The van der Waals surface area contributed by atoms with Gasteiger partial charge in [-0.05, 0) is 19.3 Å². The zero-order valence-corrected chi connectivity index (χ0v) is 9.37. The number of carbonyl (C=O) groups excluding carboxylic acids is 1. The predicted octanol–water partition coefficient (Wildman–Crippen LogP) is 0.505. The van der Waals surface area contributed by atoms with Crippen molar-refractivity contribution in [1.29, 1.82) is 0 Å². The number of nitrogens with zero attached hydrogens (tertiary/aromatic N) is 1. The molecule has 4 nitrogen and oxygen atoms in total. The molecular formula is C11H20N2O2. The Bertz CT molecular complexity index is 243. The third kappa shape index (κ3) is 2.01. The normalized spacial score (nSPS) is 32.1. The van der Waals surface area contributed by atoms with E-state index in [1.807, 2.05) is 11.9 Å². The Morgan fingerprint density at radius 2 is 2.13 bits per heavy atom. The number of ether oxygens (including phenoxy) is 1. The number of amides is 1. The summed E-state index contributed by atoms with van der Waals surface area (Å²) in [6.45, 7) is 0.990. The van der Waals surface area contributed by atoms with Crippen LogP contribution in [0.25, 0.3) is 0 Å². The van der Waals surface area contributed by atoms with Gasteiger partial charge in [-0.1, -0.05) is 12.8 Å². The maximum absolute atomic E-state index is 12.2. The highest BCUT2D eigenvalue weighted by molar-refractivity contribution is 5.86. The highest BCUT2D eigenvalue weighted by Gasteiger charge is 2.41. The van der Waals surface area contributed by atoms with E-state index >= 15 is 0 Å². The Labute approximate surface area is 90.8 Å². The number of likely N-dealkylation sites (N-methyl/N-ethyl adjacent to an activating group) is 1. The minimum absolute atomic E-state index is 0.0619. The van der Waals surface area contributed by atoms with E-state index in [-0.39, 0.29) is 5.91 Å². The van der Waals surface area contributed by atoms with Crippen LogP contribution in [0.3, 0.4) is 0 Å². The second kappa shape index (κ2) is 4.10. The molecule has 1 amide bonds. The standard InChI is InChI=1S/C11H20N2O2/c1-13(9-4-2-3-5-9)10(14)11(12)6-7-15-8-11/h9H,2-8,12H2,1H3. The van der Waals surface area contributed by atoms with Gasteiger partial charge in [-0.2, -0.15) is 0 Å². The summed E-state index contributed by atoms with van der Waals surface area (Å²) in [7, 11) is 1.88.